The third-order valence-electron chi connectivity index (χ3n) is 8.12. The summed E-state index contributed by atoms with van der Waals surface area (Å²) in [5.41, 5.74) is 2.14. The highest BCUT2D eigenvalue weighted by atomic mass is 19.4. The molecule has 6 rings (SSSR count). The molecule has 2 aliphatic carbocycles. The van der Waals surface area contributed by atoms with Crippen molar-refractivity contribution in [1.82, 2.24) is 15.3 Å². The largest absolute Gasteiger partial charge is 0.522 e. The minimum absolute atomic E-state index is 0.0513. The molecule has 1 aliphatic heterocycles. The van der Waals surface area contributed by atoms with Crippen LogP contribution in [0.25, 0.3) is 11.5 Å². The molecule has 13 heteroatoms. The highest BCUT2D eigenvalue weighted by molar-refractivity contribution is 5.88. The van der Waals surface area contributed by atoms with Gasteiger partial charge in [0.05, 0.1) is 30.1 Å². The van der Waals surface area contributed by atoms with Crippen molar-refractivity contribution in [3.05, 3.63) is 46.8 Å². The second kappa shape index (κ2) is 11.4. The fourth-order valence-electron chi connectivity index (χ4n) is 5.80. The van der Waals surface area contributed by atoms with Gasteiger partial charge >= 0.3 is 12.3 Å². The van der Waals surface area contributed by atoms with Crippen LogP contribution in [0.1, 0.15) is 90.6 Å². The third-order valence-corrected chi connectivity index (χ3v) is 8.12. The van der Waals surface area contributed by atoms with Crippen molar-refractivity contribution in [3.63, 3.8) is 0 Å². The first kappa shape index (κ1) is 27.7. The Bertz CT molecular complexity index is 1350. The predicted molar refractivity (Wildman–Crippen MR) is 137 cm³/mol. The Kier molecular flexibility index (Phi) is 7.73. The number of piperidine rings is 1. The Morgan fingerprint density at radius 2 is 1.73 bits per heavy atom. The summed E-state index contributed by atoms with van der Waals surface area (Å²) in [6, 6.07) is 6.22. The topological polar surface area (TPSA) is 124 Å². The number of ether oxygens (including phenoxy) is 2. The van der Waals surface area contributed by atoms with E-state index in [0.29, 0.717) is 68.3 Å². The summed E-state index contributed by atoms with van der Waals surface area (Å²) in [5, 5.41) is 17.4. The molecule has 0 spiro atoms. The fourth-order valence-corrected chi connectivity index (χ4v) is 5.80. The van der Waals surface area contributed by atoms with Crippen LogP contribution in [0.15, 0.2) is 33.3 Å². The van der Waals surface area contributed by atoms with Gasteiger partial charge in [-0.05, 0) is 67.9 Å². The number of carboxylic acids is 1. The summed E-state index contributed by atoms with van der Waals surface area (Å²) in [5.74, 6) is 0.254. The van der Waals surface area contributed by atoms with Gasteiger partial charge < -0.3 is 23.8 Å². The molecule has 2 unspecified atom stereocenters. The number of aromatic nitrogens is 3. The lowest BCUT2D eigenvalue weighted by Gasteiger charge is -2.32. The second-order valence-electron chi connectivity index (χ2n) is 11.0. The number of nitrogens with zero attached hydrogens (tertiary/aromatic N) is 4. The van der Waals surface area contributed by atoms with E-state index < -0.39 is 24.4 Å². The summed E-state index contributed by atoms with van der Waals surface area (Å²) >= 11 is 0. The normalized spacial score (nSPS) is 22.3. The number of benzene rings is 1. The number of hydrogen-bond acceptors (Lipinski definition) is 9. The molecule has 2 atom stereocenters. The molecular weight excluding hydrogens is 545 g/mol. The van der Waals surface area contributed by atoms with E-state index >= 15 is 0 Å². The van der Waals surface area contributed by atoms with E-state index in [4.69, 9.17) is 18.9 Å². The molecule has 41 heavy (non-hydrogen) atoms. The van der Waals surface area contributed by atoms with E-state index in [1.165, 1.54) is 12.1 Å². The molecule has 0 bridgehead atoms. The Morgan fingerprint density at radius 3 is 2.41 bits per heavy atom. The summed E-state index contributed by atoms with van der Waals surface area (Å²) < 4.78 is 61.3. The SMILES string of the molecule is O=C(O)c1ccc(-c2nc(N3CCC(OCc4c(C5CCCCC5OC(F)(F)F)noc4C4CC4)CC3)no2)cc1. The van der Waals surface area contributed by atoms with E-state index in [2.05, 4.69) is 20.0 Å². The van der Waals surface area contributed by atoms with Gasteiger partial charge in [0.2, 0.25) is 0 Å². The molecule has 0 radical (unpaired) electrons. The number of rotatable bonds is 9. The van der Waals surface area contributed by atoms with Crippen LogP contribution in [0.3, 0.4) is 0 Å². The zero-order chi connectivity index (χ0) is 28.6. The monoisotopic (exact) mass is 576 g/mol. The highest BCUT2D eigenvalue weighted by Crippen LogP contribution is 2.46. The zero-order valence-electron chi connectivity index (χ0n) is 22.3. The van der Waals surface area contributed by atoms with Crippen LogP contribution in [0.2, 0.25) is 0 Å². The zero-order valence-corrected chi connectivity index (χ0v) is 22.3. The number of anilines is 1. The van der Waals surface area contributed by atoms with Crippen molar-refractivity contribution in [2.24, 2.45) is 0 Å². The molecule has 0 amide bonds. The smallest absolute Gasteiger partial charge is 0.478 e. The van der Waals surface area contributed by atoms with Crippen molar-refractivity contribution in [2.75, 3.05) is 18.0 Å². The number of alkyl halides is 3. The predicted octanol–water partition coefficient (Wildman–Crippen LogP) is 6.05. The standard InChI is InChI=1S/C28H31F3N4O6/c29-28(30,31)39-22-4-2-1-3-20(22)23-21(24(40-33-23)16-5-6-16)15-38-19-11-13-35(14-12-19)27-32-25(41-34-27)17-7-9-18(10-8-17)26(36)37/h7-10,16,19-20,22H,1-6,11-15H2,(H,36,37). The molecule has 2 aromatic heterocycles. The van der Waals surface area contributed by atoms with Crippen LogP contribution in [0.5, 0.6) is 0 Å². The Balaban J connectivity index is 1.08. The molecule has 2 saturated carbocycles. The molecule has 10 nitrogen and oxygen atoms in total. The first-order valence-corrected chi connectivity index (χ1v) is 14.0. The van der Waals surface area contributed by atoms with Gasteiger partial charge in [-0.15, -0.1) is 13.2 Å². The van der Waals surface area contributed by atoms with Gasteiger partial charge in [-0.3, -0.25) is 4.74 Å². The number of hydrogen-bond donors (Lipinski definition) is 1. The van der Waals surface area contributed by atoms with Crippen LogP contribution >= 0.6 is 0 Å². The average molecular weight is 577 g/mol. The lowest BCUT2D eigenvalue weighted by Crippen LogP contribution is -2.37. The summed E-state index contributed by atoms with van der Waals surface area (Å²) in [7, 11) is 0. The number of aromatic carboxylic acids is 1. The van der Waals surface area contributed by atoms with Gasteiger partial charge in [-0.2, -0.15) is 4.98 Å². The van der Waals surface area contributed by atoms with E-state index in [0.717, 1.165) is 30.6 Å². The van der Waals surface area contributed by atoms with E-state index in [1.54, 1.807) is 12.1 Å². The van der Waals surface area contributed by atoms with Crippen molar-refractivity contribution in [1.29, 1.82) is 0 Å². The number of carboxylic acid groups (broad SMARTS) is 1. The lowest BCUT2D eigenvalue weighted by atomic mass is 9.82. The minimum Gasteiger partial charge on any atom is -0.478 e. The molecule has 1 saturated heterocycles. The van der Waals surface area contributed by atoms with Crippen LogP contribution in [0.4, 0.5) is 19.1 Å². The average Bonchev–Trinajstić information content (AvgIpc) is 3.52. The van der Waals surface area contributed by atoms with Crippen LogP contribution in [0, 0.1) is 0 Å². The number of carbonyl (C=O) groups is 1. The molecular formula is C28H31F3N4O6. The second-order valence-corrected chi connectivity index (χ2v) is 11.0. The molecule has 1 aromatic carbocycles. The van der Waals surface area contributed by atoms with Gasteiger partial charge in [-0.25, -0.2) is 4.79 Å². The maximum Gasteiger partial charge on any atom is 0.522 e. The van der Waals surface area contributed by atoms with Gasteiger partial charge in [-0.1, -0.05) is 18.0 Å². The highest BCUT2D eigenvalue weighted by Gasteiger charge is 2.42. The fraction of sp³-hybridized carbons (Fsp3) is 0.571. The van der Waals surface area contributed by atoms with Gasteiger partial charge in [0.25, 0.3) is 11.8 Å². The quantitative estimate of drug-likeness (QED) is 0.322. The molecule has 3 aromatic rings. The van der Waals surface area contributed by atoms with Crippen molar-refractivity contribution < 1.29 is 41.6 Å². The molecule has 3 fully saturated rings. The summed E-state index contributed by atoms with van der Waals surface area (Å²) in [4.78, 5) is 17.5. The Hall–Kier alpha value is -3.45. The maximum atomic E-state index is 13.1. The van der Waals surface area contributed by atoms with Gasteiger partial charge in [0.15, 0.2) is 0 Å². The molecule has 220 valence electrons. The van der Waals surface area contributed by atoms with E-state index in [1.807, 2.05) is 4.90 Å². The Morgan fingerprint density at radius 1 is 1.00 bits per heavy atom. The summed E-state index contributed by atoms with van der Waals surface area (Å²) in [6.45, 7) is 1.51. The van der Waals surface area contributed by atoms with Crippen LogP contribution < -0.4 is 4.90 Å². The van der Waals surface area contributed by atoms with E-state index in [9.17, 15) is 18.0 Å². The first-order chi connectivity index (χ1) is 19.7. The van der Waals surface area contributed by atoms with Gasteiger partial charge in [0.1, 0.15) is 5.76 Å². The number of halogens is 3. The van der Waals surface area contributed by atoms with Crippen molar-refractivity contribution >= 4 is 11.9 Å². The molecule has 3 aliphatic rings. The maximum absolute atomic E-state index is 13.1. The van der Waals surface area contributed by atoms with Gasteiger partial charge in [0, 0.05) is 36.1 Å². The van der Waals surface area contributed by atoms with Crippen molar-refractivity contribution in [3.8, 4) is 11.5 Å². The molecule has 3 heterocycles. The first-order valence-electron chi connectivity index (χ1n) is 14.0. The third kappa shape index (κ3) is 6.40. The van der Waals surface area contributed by atoms with Crippen LogP contribution in [-0.4, -0.2) is 58.0 Å². The summed E-state index contributed by atoms with van der Waals surface area (Å²) in [6.07, 6.45) is 0.0541. The van der Waals surface area contributed by atoms with E-state index in [-0.39, 0.29) is 24.2 Å². The van der Waals surface area contributed by atoms with Crippen molar-refractivity contribution in [2.45, 2.75) is 88.4 Å². The Labute approximate surface area is 233 Å². The van der Waals surface area contributed by atoms with Crippen LogP contribution in [-0.2, 0) is 16.1 Å². The minimum atomic E-state index is -4.70. The molecule has 1 N–H and O–H groups in total. The lowest BCUT2D eigenvalue weighted by molar-refractivity contribution is -0.347.